The highest BCUT2D eigenvalue weighted by molar-refractivity contribution is 9.10. The van der Waals surface area contributed by atoms with Crippen molar-refractivity contribution < 1.29 is 8.91 Å². The quantitative estimate of drug-likeness (QED) is 0.926. The number of hydrogen-bond acceptors (Lipinski definition) is 4. The lowest BCUT2D eigenvalue weighted by Crippen LogP contribution is -2.12. The number of benzene rings is 1. The molecule has 1 aromatic heterocycles. The van der Waals surface area contributed by atoms with Gasteiger partial charge in [-0.3, -0.25) is 0 Å². The molecule has 0 spiro atoms. The van der Waals surface area contributed by atoms with Gasteiger partial charge >= 0.3 is 0 Å². The Labute approximate surface area is 112 Å². The first-order chi connectivity index (χ1) is 8.74. The summed E-state index contributed by atoms with van der Waals surface area (Å²) >= 11 is 3.36. The fourth-order valence-electron chi connectivity index (χ4n) is 2.05. The van der Waals surface area contributed by atoms with Crippen LogP contribution in [0.4, 0.5) is 4.39 Å². The lowest BCUT2D eigenvalue weighted by Gasteiger charge is -2.01. The van der Waals surface area contributed by atoms with E-state index in [0.29, 0.717) is 17.3 Å². The van der Waals surface area contributed by atoms with Gasteiger partial charge in [0, 0.05) is 10.0 Å². The number of aromatic nitrogens is 2. The summed E-state index contributed by atoms with van der Waals surface area (Å²) in [7, 11) is 0. The molecule has 18 heavy (non-hydrogen) atoms. The summed E-state index contributed by atoms with van der Waals surface area (Å²) in [5, 5.41) is 7.19. The van der Waals surface area contributed by atoms with Crippen LogP contribution in [0.25, 0.3) is 11.4 Å². The Bertz CT molecular complexity index is 566. The Kier molecular flexibility index (Phi) is 3.13. The molecule has 1 aromatic carbocycles. The number of halogens is 2. The van der Waals surface area contributed by atoms with Gasteiger partial charge in [0.15, 0.2) is 0 Å². The van der Waals surface area contributed by atoms with Crippen LogP contribution in [-0.4, -0.2) is 16.7 Å². The van der Waals surface area contributed by atoms with Gasteiger partial charge in [-0.05, 0) is 37.6 Å². The average Bonchev–Trinajstić information content (AvgIpc) is 3.00. The zero-order valence-corrected chi connectivity index (χ0v) is 11.1. The van der Waals surface area contributed by atoms with Crippen LogP contribution in [0.3, 0.4) is 0 Å². The minimum Gasteiger partial charge on any atom is -0.337 e. The Morgan fingerprint density at radius 2 is 2.33 bits per heavy atom. The van der Waals surface area contributed by atoms with Crippen molar-refractivity contribution in [2.24, 2.45) is 0 Å². The predicted molar refractivity (Wildman–Crippen MR) is 67.4 cm³/mol. The highest BCUT2D eigenvalue weighted by atomic mass is 79.9. The Morgan fingerprint density at radius 3 is 3.11 bits per heavy atom. The normalized spacial score (nSPS) is 19.3. The van der Waals surface area contributed by atoms with Crippen molar-refractivity contribution in [1.29, 1.82) is 0 Å². The minimum atomic E-state index is -0.321. The molecular formula is C12H11BrFN3O. The molecule has 0 bridgehead atoms. The summed E-state index contributed by atoms with van der Waals surface area (Å²) in [6.07, 6.45) is 2.10. The van der Waals surface area contributed by atoms with Crippen molar-refractivity contribution in [3.05, 3.63) is 34.4 Å². The van der Waals surface area contributed by atoms with Gasteiger partial charge in [0.2, 0.25) is 11.7 Å². The molecule has 4 nitrogen and oxygen atoms in total. The average molecular weight is 312 g/mol. The summed E-state index contributed by atoms with van der Waals surface area (Å²) < 4.78 is 19.2. The maximum atomic E-state index is 13.2. The van der Waals surface area contributed by atoms with Crippen LogP contribution in [0.2, 0.25) is 0 Å². The Morgan fingerprint density at radius 1 is 1.44 bits per heavy atom. The Balaban J connectivity index is 1.94. The summed E-state index contributed by atoms with van der Waals surface area (Å²) in [4.78, 5) is 4.33. The second kappa shape index (κ2) is 4.78. The van der Waals surface area contributed by atoms with E-state index in [2.05, 4.69) is 31.4 Å². The van der Waals surface area contributed by atoms with Gasteiger partial charge < -0.3 is 9.84 Å². The van der Waals surface area contributed by atoms with Gasteiger partial charge in [0.25, 0.3) is 0 Å². The molecule has 3 rings (SSSR count). The number of nitrogens with zero attached hydrogens (tertiary/aromatic N) is 2. The summed E-state index contributed by atoms with van der Waals surface area (Å²) in [6.45, 7) is 0.964. The first-order valence-electron chi connectivity index (χ1n) is 5.76. The van der Waals surface area contributed by atoms with E-state index >= 15 is 0 Å². The van der Waals surface area contributed by atoms with E-state index in [4.69, 9.17) is 4.52 Å². The zero-order valence-electron chi connectivity index (χ0n) is 9.49. The molecule has 0 saturated carbocycles. The minimum absolute atomic E-state index is 0.124. The second-order valence-electron chi connectivity index (χ2n) is 4.23. The van der Waals surface area contributed by atoms with Crippen molar-refractivity contribution in [3.63, 3.8) is 0 Å². The highest BCUT2D eigenvalue weighted by Crippen LogP contribution is 2.29. The van der Waals surface area contributed by atoms with Gasteiger partial charge in [-0.15, -0.1) is 0 Å². The van der Waals surface area contributed by atoms with Gasteiger partial charge in [-0.2, -0.15) is 4.98 Å². The fraction of sp³-hybridized carbons (Fsp3) is 0.333. The third-order valence-corrected chi connectivity index (χ3v) is 3.66. The molecule has 2 aromatic rings. The fourth-order valence-corrected chi connectivity index (χ4v) is 2.47. The molecule has 1 aliphatic heterocycles. The van der Waals surface area contributed by atoms with E-state index in [1.54, 1.807) is 6.07 Å². The molecule has 0 aliphatic carbocycles. The van der Waals surface area contributed by atoms with E-state index in [1.807, 2.05) is 0 Å². The van der Waals surface area contributed by atoms with Gasteiger partial charge in [0.05, 0.1) is 6.04 Å². The molecule has 0 unspecified atom stereocenters. The van der Waals surface area contributed by atoms with Crippen LogP contribution in [0.5, 0.6) is 0 Å². The molecule has 1 atom stereocenters. The van der Waals surface area contributed by atoms with Crippen molar-refractivity contribution in [3.8, 4) is 11.4 Å². The van der Waals surface area contributed by atoms with E-state index in [-0.39, 0.29) is 11.9 Å². The maximum absolute atomic E-state index is 13.2. The molecule has 2 heterocycles. The van der Waals surface area contributed by atoms with Crippen LogP contribution in [-0.2, 0) is 0 Å². The number of nitrogens with one attached hydrogen (secondary N) is 1. The zero-order chi connectivity index (χ0) is 12.5. The second-order valence-corrected chi connectivity index (χ2v) is 5.08. The van der Waals surface area contributed by atoms with Gasteiger partial charge in [0.1, 0.15) is 5.82 Å². The Hall–Kier alpha value is -1.27. The predicted octanol–water partition coefficient (Wildman–Crippen LogP) is 3.06. The van der Waals surface area contributed by atoms with Crippen molar-refractivity contribution in [2.75, 3.05) is 6.54 Å². The van der Waals surface area contributed by atoms with Gasteiger partial charge in [-0.1, -0.05) is 21.1 Å². The number of rotatable bonds is 2. The molecule has 1 N–H and O–H groups in total. The van der Waals surface area contributed by atoms with Crippen molar-refractivity contribution in [1.82, 2.24) is 15.5 Å². The molecule has 1 aliphatic rings. The van der Waals surface area contributed by atoms with E-state index < -0.39 is 0 Å². The molecule has 94 valence electrons. The summed E-state index contributed by atoms with van der Waals surface area (Å²) in [6, 6.07) is 4.53. The summed E-state index contributed by atoms with van der Waals surface area (Å²) in [5.41, 5.74) is 0.600. The molecule has 6 heteroatoms. The van der Waals surface area contributed by atoms with Crippen LogP contribution in [0, 0.1) is 5.82 Å². The number of hydrogen-bond donors (Lipinski definition) is 1. The molecule has 0 amide bonds. The van der Waals surface area contributed by atoms with Crippen LogP contribution in [0.15, 0.2) is 27.2 Å². The molecule has 0 radical (unpaired) electrons. The van der Waals surface area contributed by atoms with Crippen LogP contribution < -0.4 is 5.32 Å². The lowest BCUT2D eigenvalue weighted by molar-refractivity contribution is 0.345. The van der Waals surface area contributed by atoms with Gasteiger partial charge in [-0.25, -0.2) is 4.39 Å². The molecule has 1 saturated heterocycles. The van der Waals surface area contributed by atoms with E-state index in [9.17, 15) is 4.39 Å². The van der Waals surface area contributed by atoms with Crippen molar-refractivity contribution in [2.45, 2.75) is 18.9 Å². The third-order valence-electron chi connectivity index (χ3n) is 2.97. The first-order valence-corrected chi connectivity index (χ1v) is 6.56. The standard InChI is InChI=1S/C12H11BrFN3O/c13-9-4-3-7(14)6-8(9)11-16-12(18-17-11)10-2-1-5-15-10/h3-4,6,10,15H,1-2,5H2/t10-/m1/s1. The molecular weight excluding hydrogens is 301 g/mol. The van der Waals surface area contributed by atoms with Crippen LogP contribution >= 0.6 is 15.9 Å². The van der Waals surface area contributed by atoms with Crippen LogP contribution in [0.1, 0.15) is 24.8 Å². The SMILES string of the molecule is Fc1ccc(Br)c(-c2noc([C@H]3CCCN3)n2)c1. The maximum Gasteiger partial charge on any atom is 0.244 e. The third kappa shape index (κ3) is 2.18. The monoisotopic (exact) mass is 311 g/mol. The van der Waals surface area contributed by atoms with Crippen molar-refractivity contribution >= 4 is 15.9 Å². The smallest absolute Gasteiger partial charge is 0.244 e. The molecule has 1 fully saturated rings. The van der Waals surface area contributed by atoms with E-state index in [1.165, 1.54) is 12.1 Å². The highest BCUT2D eigenvalue weighted by Gasteiger charge is 2.23. The summed E-state index contributed by atoms with van der Waals surface area (Å²) in [5.74, 6) is 0.655. The largest absolute Gasteiger partial charge is 0.337 e. The first kappa shape index (κ1) is 11.8. The topological polar surface area (TPSA) is 51.0 Å². The van der Waals surface area contributed by atoms with E-state index in [0.717, 1.165) is 23.9 Å². The lowest BCUT2D eigenvalue weighted by atomic mass is 10.2.